The third-order valence-electron chi connectivity index (χ3n) is 3.38. The molecule has 0 aliphatic carbocycles. The van der Waals surface area contributed by atoms with Crippen molar-refractivity contribution < 1.29 is 9.59 Å². The Labute approximate surface area is 107 Å². The molecule has 18 heavy (non-hydrogen) atoms. The molecule has 1 aliphatic heterocycles. The average Bonchev–Trinajstić information content (AvgIpc) is 2.46. The van der Waals surface area contributed by atoms with E-state index >= 15 is 0 Å². The van der Waals surface area contributed by atoms with Gasteiger partial charge in [0, 0.05) is 24.8 Å². The molecule has 4 nitrogen and oxygen atoms in total. The van der Waals surface area contributed by atoms with E-state index in [0.717, 1.165) is 16.9 Å². The van der Waals surface area contributed by atoms with Gasteiger partial charge in [-0.05, 0) is 38.5 Å². The Bertz CT molecular complexity index is 521. The zero-order valence-electron chi connectivity index (χ0n) is 11.2. The van der Waals surface area contributed by atoms with E-state index in [4.69, 9.17) is 0 Å². The van der Waals surface area contributed by atoms with Gasteiger partial charge in [0.1, 0.15) is 0 Å². The Morgan fingerprint density at radius 2 is 2.06 bits per heavy atom. The van der Waals surface area contributed by atoms with Gasteiger partial charge in [-0.2, -0.15) is 0 Å². The number of carbonyl (C=O) groups excluding carboxylic acids is 2. The van der Waals surface area contributed by atoms with Crippen LogP contribution in [0.1, 0.15) is 33.3 Å². The standard InChI is InChI=1S/C14H18N2O2/c1-5-16-12-8-10(15-9(2)17)6-7-11(12)14(3,4)13(16)18/h6-8H,5H2,1-4H3,(H,15,17). The molecule has 0 radical (unpaired) electrons. The fourth-order valence-electron chi connectivity index (χ4n) is 2.44. The lowest BCUT2D eigenvalue weighted by atomic mass is 9.86. The van der Waals surface area contributed by atoms with Gasteiger partial charge < -0.3 is 10.2 Å². The molecule has 1 aromatic carbocycles. The molecule has 2 amide bonds. The minimum atomic E-state index is -0.486. The summed E-state index contributed by atoms with van der Waals surface area (Å²) in [5.41, 5.74) is 2.16. The molecule has 1 heterocycles. The Hall–Kier alpha value is -1.84. The zero-order chi connectivity index (χ0) is 13.5. The maximum atomic E-state index is 12.3. The summed E-state index contributed by atoms with van der Waals surface area (Å²) in [5.74, 6) is 0.00144. The van der Waals surface area contributed by atoms with Gasteiger partial charge in [0.15, 0.2) is 0 Å². The fraction of sp³-hybridized carbons (Fsp3) is 0.429. The quantitative estimate of drug-likeness (QED) is 0.870. The van der Waals surface area contributed by atoms with Gasteiger partial charge in [-0.15, -0.1) is 0 Å². The van der Waals surface area contributed by atoms with Crippen LogP contribution in [0, 0.1) is 0 Å². The number of amides is 2. The summed E-state index contributed by atoms with van der Waals surface area (Å²) >= 11 is 0. The highest BCUT2D eigenvalue weighted by molar-refractivity contribution is 6.08. The number of hydrogen-bond acceptors (Lipinski definition) is 2. The first kappa shape index (κ1) is 12.6. The zero-order valence-corrected chi connectivity index (χ0v) is 11.2. The molecule has 0 spiro atoms. The molecule has 1 N–H and O–H groups in total. The molecular weight excluding hydrogens is 228 g/mol. The van der Waals surface area contributed by atoms with Gasteiger partial charge >= 0.3 is 0 Å². The van der Waals surface area contributed by atoms with Gasteiger partial charge in [-0.3, -0.25) is 9.59 Å². The summed E-state index contributed by atoms with van der Waals surface area (Å²) in [6, 6.07) is 5.63. The van der Waals surface area contributed by atoms with Crippen LogP contribution in [0.5, 0.6) is 0 Å². The third-order valence-corrected chi connectivity index (χ3v) is 3.38. The van der Waals surface area contributed by atoms with Crippen molar-refractivity contribution in [1.29, 1.82) is 0 Å². The molecule has 0 saturated carbocycles. The van der Waals surface area contributed by atoms with Crippen LogP contribution in [-0.2, 0) is 15.0 Å². The lowest BCUT2D eigenvalue weighted by molar-refractivity contribution is -0.122. The molecule has 0 unspecified atom stereocenters. The molecule has 0 bridgehead atoms. The topological polar surface area (TPSA) is 49.4 Å². The Kier molecular flexibility index (Phi) is 2.89. The number of hydrogen-bond donors (Lipinski definition) is 1. The maximum absolute atomic E-state index is 12.3. The van der Waals surface area contributed by atoms with E-state index in [1.807, 2.05) is 39.0 Å². The highest BCUT2D eigenvalue weighted by Gasteiger charge is 2.43. The molecule has 96 valence electrons. The van der Waals surface area contributed by atoms with Crippen LogP contribution in [0.3, 0.4) is 0 Å². The summed E-state index contributed by atoms with van der Waals surface area (Å²) in [4.78, 5) is 25.1. The Morgan fingerprint density at radius 1 is 1.39 bits per heavy atom. The number of likely N-dealkylation sites (N-methyl/N-ethyl adjacent to an activating group) is 1. The summed E-state index contributed by atoms with van der Waals surface area (Å²) < 4.78 is 0. The minimum Gasteiger partial charge on any atom is -0.326 e. The lowest BCUT2D eigenvalue weighted by Crippen LogP contribution is -2.35. The number of benzene rings is 1. The number of carbonyl (C=O) groups is 2. The van der Waals surface area contributed by atoms with Gasteiger partial charge in [-0.25, -0.2) is 0 Å². The van der Waals surface area contributed by atoms with Crippen molar-refractivity contribution in [2.24, 2.45) is 0 Å². The summed E-state index contributed by atoms with van der Waals surface area (Å²) in [5, 5.41) is 2.74. The molecule has 1 aromatic rings. The lowest BCUT2D eigenvalue weighted by Gasteiger charge is -2.18. The minimum absolute atomic E-state index is 0.110. The van der Waals surface area contributed by atoms with Gasteiger partial charge in [0.2, 0.25) is 11.8 Å². The van der Waals surface area contributed by atoms with Crippen molar-refractivity contribution in [2.45, 2.75) is 33.1 Å². The molecule has 0 fully saturated rings. The van der Waals surface area contributed by atoms with Crippen LogP contribution in [-0.4, -0.2) is 18.4 Å². The molecule has 1 aliphatic rings. The second kappa shape index (κ2) is 4.12. The van der Waals surface area contributed by atoms with E-state index in [9.17, 15) is 9.59 Å². The van der Waals surface area contributed by atoms with Crippen molar-refractivity contribution in [1.82, 2.24) is 0 Å². The number of nitrogens with one attached hydrogen (secondary N) is 1. The molecule has 0 saturated heterocycles. The van der Waals surface area contributed by atoms with Crippen molar-refractivity contribution in [3.05, 3.63) is 23.8 Å². The van der Waals surface area contributed by atoms with Crippen LogP contribution in [0.4, 0.5) is 11.4 Å². The van der Waals surface area contributed by atoms with Crippen LogP contribution < -0.4 is 10.2 Å². The van der Waals surface area contributed by atoms with Crippen LogP contribution >= 0.6 is 0 Å². The van der Waals surface area contributed by atoms with Crippen molar-refractivity contribution >= 4 is 23.2 Å². The third kappa shape index (κ3) is 1.78. The fourth-order valence-corrected chi connectivity index (χ4v) is 2.44. The maximum Gasteiger partial charge on any atom is 0.237 e. The monoisotopic (exact) mass is 246 g/mol. The van der Waals surface area contributed by atoms with Gasteiger partial charge in [0.25, 0.3) is 0 Å². The molecule has 2 rings (SSSR count). The first-order valence-corrected chi connectivity index (χ1v) is 6.12. The molecule has 0 atom stereocenters. The average molecular weight is 246 g/mol. The van der Waals surface area contributed by atoms with E-state index in [2.05, 4.69) is 5.32 Å². The predicted molar refractivity (Wildman–Crippen MR) is 71.8 cm³/mol. The smallest absolute Gasteiger partial charge is 0.237 e. The summed E-state index contributed by atoms with van der Waals surface area (Å²) in [7, 11) is 0. The molecule has 4 heteroatoms. The summed E-state index contributed by atoms with van der Waals surface area (Å²) in [6.07, 6.45) is 0. The number of nitrogens with zero attached hydrogens (tertiary/aromatic N) is 1. The van der Waals surface area contributed by atoms with E-state index in [1.165, 1.54) is 6.92 Å². The second-order valence-corrected chi connectivity index (χ2v) is 5.09. The normalized spacial score (nSPS) is 16.7. The van der Waals surface area contributed by atoms with Crippen LogP contribution in [0.2, 0.25) is 0 Å². The number of rotatable bonds is 2. The highest BCUT2D eigenvalue weighted by Crippen LogP contribution is 2.42. The number of anilines is 2. The van der Waals surface area contributed by atoms with Crippen LogP contribution in [0.25, 0.3) is 0 Å². The SMILES string of the molecule is CCN1C(=O)C(C)(C)c2ccc(NC(C)=O)cc21. The first-order chi connectivity index (χ1) is 8.37. The van der Waals surface area contributed by atoms with Gasteiger partial charge in [-0.1, -0.05) is 6.07 Å². The van der Waals surface area contributed by atoms with Gasteiger partial charge in [0.05, 0.1) is 5.41 Å². The highest BCUT2D eigenvalue weighted by atomic mass is 16.2. The van der Waals surface area contributed by atoms with E-state index in [-0.39, 0.29) is 11.8 Å². The Morgan fingerprint density at radius 3 is 2.61 bits per heavy atom. The number of fused-ring (bicyclic) bond motifs is 1. The summed E-state index contributed by atoms with van der Waals surface area (Å²) in [6.45, 7) is 7.93. The first-order valence-electron chi connectivity index (χ1n) is 6.12. The van der Waals surface area contributed by atoms with Crippen LogP contribution in [0.15, 0.2) is 18.2 Å². The predicted octanol–water partition coefficient (Wildman–Crippen LogP) is 2.29. The molecular formula is C14H18N2O2. The van der Waals surface area contributed by atoms with Crippen molar-refractivity contribution in [3.63, 3.8) is 0 Å². The Balaban J connectivity index is 2.50. The largest absolute Gasteiger partial charge is 0.326 e. The van der Waals surface area contributed by atoms with E-state index < -0.39 is 5.41 Å². The molecule has 0 aromatic heterocycles. The second-order valence-electron chi connectivity index (χ2n) is 5.09. The van der Waals surface area contributed by atoms with Crippen molar-refractivity contribution in [3.8, 4) is 0 Å². The van der Waals surface area contributed by atoms with Crippen molar-refractivity contribution in [2.75, 3.05) is 16.8 Å². The van der Waals surface area contributed by atoms with E-state index in [0.29, 0.717) is 6.54 Å². The van der Waals surface area contributed by atoms with E-state index in [1.54, 1.807) is 4.90 Å².